The third-order valence-electron chi connectivity index (χ3n) is 2.76. The first-order valence-electron chi connectivity index (χ1n) is 6.51. The number of aryl methyl sites for hydroxylation is 1. The first-order valence-corrected chi connectivity index (χ1v) is 7.68. The van der Waals surface area contributed by atoms with Crippen molar-refractivity contribution in [2.45, 2.75) is 13.8 Å². The second kappa shape index (κ2) is 7.06. The van der Waals surface area contributed by atoms with Gasteiger partial charge in [-0.3, -0.25) is 10.1 Å². The summed E-state index contributed by atoms with van der Waals surface area (Å²) in [6.07, 6.45) is 1.57. The predicted molar refractivity (Wildman–Crippen MR) is 81.0 cm³/mol. The van der Waals surface area contributed by atoms with Gasteiger partial charge < -0.3 is 4.74 Å². The van der Waals surface area contributed by atoms with E-state index >= 15 is 0 Å². The van der Waals surface area contributed by atoms with Gasteiger partial charge in [-0.1, -0.05) is 6.07 Å². The lowest BCUT2D eigenvalue weighted by atomic mass is 10.2. The molecule has 1 aromatic carbocycles. The Kier molecular flexibility index (Phi) is 5.14. The number of hydrogen-bond donors (Lipinski definition) is 0. The Bertz CT molecular complexity index is 706. The van der Waals surface area contributed by atoms with E-state index in [9.17, 15) is 14.7 Å². The molecule has 0 amide bonds. The first-order chi connectivity index (χ1) is 10.5. The molecule has 0 spiro atoms. The molecule has 0 saturated carbocycles. The van der Waals surface area contributed by atoms with Crippen LogP contribution in [0.3, 0.4) is 0 Å². The maximum atomic E-state index is 12.0. The molecule has 0 N–H and O–H groups in total. The largest absolute Gasteiger partial charge is 0.556 e. The van der Waals surface area contributed by atoms with Crippen LogP contribution in [0.5, 0.6) is 11.6 Å². The molecule has 2 rings (SSSR count). The number of nitro benzene ring substituents is 1. The van der Waals surface area contributed by atoms with Crippen LogP contribution in [-0.2, 0) is 9.09 Å². The molecule has 0 aliphatic heterocycles. The zero-order valence-corrected chi connectivity index (χ0v) is 12.9. The Labute approximate surface area is 127 Å². The van der Waals surface area contributed by atoms with Crippen LogP contribution in [0.4, 0.5) is 5.69 Å². The summed E-state index contributed by atoms with van der Waals surface area (Å²) in [5.41, 5.74) is 0.293. The van der Waals surface area contributed by atoms with Crippen LogP contribution >= 0.6 is 8.03 Å². The summed E-state index contributed by atoms with van der Waals surface area (Å²) in [6.45, 7) is 3.53. The molecule has 1 heterocycles. The lowest BCUT2D eigenvalue weighted by molar-refractivity contribution is -0.383. The first kappa shape index (κ1) is 16.0. The highest BCUT2D eigenvalue weighted by Gasteiger charge is 2.34. The smallest absolute Gasteiger partial charge is 0.439 e. The number of nitrogens with zero attached hydrogens (tertiary/aromatic N) is 2. The number of benzene rings is 1. The van der Waals surface area contributed by atoms with Crippen molar-refractivity contribution in [2.75, 3.05) is 6.61 Å². The standard InChI is InChI=1S/C14H14N2O5P/c1-3-20-22(19)13-9-12(10(2)8-11(13)16(17)18)21-14-6-4-5-7-15-14/h4-9H,3H2,1-2H3/q+1. The zero-order chi connectivity index (χ0) is 16.1. The summed E-state index contributed by atoms with van der Waals surface area (Å²) in [5.74, 6) is 0.694. The molecule has 1 atom stereocenters. The number of ether oxygens (including phenoxy) is 1. The number of aromatic nitrogens is 1. The van der Waals surface area contributed by atoms with Gasteiger partial charge in [0.1, 0.15) is 12.4 Å². The van der Waals surface area contributed by atoms with Crippen LogP contribution < -0.4 is 10.0 Å². The van der Waals surface area contributed by atoms with E-state index in [-0.39, 0.29) is 17.6 Å². The van der Waals surface area contributed by atoms with Gasteiger partial charge in [0.2, 0.25) is 5.88 Å². The molecule has 0 saturated heterocycles. The molecule has 8 heteroatoms. The average Bonchev–Trinajstić information content (AvgIpc) is 2.50. The van der Waals surface area contributed by atoms with Crippen molar-refractivity contribution in [3.05, 3.63) is 52.2 Å². The number of pyridine rings is 1. The SMILES string of the molecule is CCO[P+](=O)c1cc(Oc2ccccn2)c(C)cc1[N+](=O)[O-]. The Morgan fingerprint density at radius 1 is 1.36 bits per heavy atom. The maximum absolute atomic E-state index is 12.0. The van der Waals surface area contributed by atoms with Gasteiger partial charge in [-0.2, -0.15) is 0 Å². The molecular formula is C14H14N2O5P+. The summed E-state index contributed by atoms with van der Waals surface area (Å²) in [5, 5.41) is 11.1. The van der Waals surface area contributed by atoms with E-state index in [0.29, 0.717) is 17.2 Å². The minimum Gasteiger partial charge on any atom is -0.439 e. The molecule has 0 fully saturated rings. The van der Waals surface area contributed by atoms with Crippen molar-refractivity contribution >= 4 is 19.0 Å². The minimum atomic E-state index is -2.32. The van der Waals surface area contributed by atoms with Crippen molar-refractivity contribution in [3.8, 4) is 11.6 Å². The van der Waals surface area contributed by atoms with Gasteiger partial charge in [-0.05, 0) is 30.0 Å². The van der Waals surface area contributed by atoms with Crippen molar-refractivity contribution in [3.63, 3.8) is 0 Å². The topological polar surface area (TPSA) is 91.6 Å². The summed E-state index contributed by atoms with van der Waals surface area (Å²) in [6, 6.07) is 7.84. The van der Waals surface area contributed by atoms with E-state index in [4.69, 9.17) is 9.26 Å². The molecule has 1 aromatic heterocycles. The van der Waals surface area contributed by atoms with Gasteiger partial charge in [0, 0.05) is 24.4 Å². The van der Waals surface area contributed by atoms with E-state index in [1.54, 1.807) is 38.2 Å². The van der Waals surface area contributed by atoms with Crippen LogP contribution in [0.15, 0.2) is 36.5 Å². The van der Waals surface area contributed by atoms with Gasteiger partial charge in [0.25, 0.3) is 0 Å². The summed E-state index contributed by atoms with van der Waals surface area (Å²) in [7, 11) is -2.32. The second-order valence-electron chi connectivity index (χ2n) is 4.31. The lowest BCUT2D eigenvalue weighted by Crippen LogP contribution is -2.08. The molecule has 114 valence electrons. The Hall–Kier alpha value is -2.37. The number of nitro groups is 1. The molecular weight excluding hydrogens is 307 g/mol. The van der Waals surface area contributed by atoms with Gasteiger partial charge in [-0.25, -0.2) is 4.98 Å². The Morgan fingerprint density at radius 3 is 2.73 bits per heavy atom. The van der Waals surface area contributed by atoms with E-state index in [2.05, 4.69) is 4.98 Å². The highest BCUT2D eigenvalue weighted by molar-refractivity contribution is 7.48. The highest BCUT2D eigenvalue weighted by Crippen LogP contribution is 2.33. The average molecular weight is 321 g/mol. The van der Waals surface area contributed by atoms with E-state index in [1.165, 1.54) is 12.1 Å². The molecule has 7 nitrogen and oxygen atoms in total. The lowest BCUT2D eigenvalue weighted by Gasteiger charge is -2.07. The number of hydrogen-bond acceptors (Lipinski definition) is 6. The minimum absolute atomic E-state index is 0.00150. The fraction of sp³-hybridized carbons (Fsp3) is 0.214. The van der Waals surface area contributed by atoms with Gasteiger partial charge in [-0.15, -0.1) is 4.52 Å². The summed E-state index contributed by atoms with van der Waals surface area (Å²) >= 11 is 0. The predicted octanol–water partition coefficient (Wildman–Crippen LogP) is 3.49. The quantitative estimate of drug-likeness (QED) is 0.459. The van der Waals surface area contributed by atoms with E-state index < -0.39 is 13.0 Å². The summed E-state index contributed by atoms with van der Waals surface area (Å²) in [4.78, 5) is 14.6. The third kappa shape index (κ3) is 3.63. The molecule has 22 heavy (non-hydrogen) atoms. The van der Waals surface area contributed by atoms with Crippen LogP contribution in [0.2, 0.25) is 0 Å². The monoisotopic (exact) mass is 321 g/mol. The fourth-order valence-corrected chi connectivity index (χ4v) is 2.70. The second-order valence-corrected chi connectivity index (χ2v) is 5.56. The van der Waals surface area contributed by atoms with Crippen molar-refractivity contribution in [2.24, 2.45) is 0 Å². The zero-order valence-electron chi connectivity index (χ0n) is 12.1. The molecule has 2 aromatic rings. The van der Waals surface area contributed by atoms with Crippen LogP contribution in [-0.4, -0.2) is 16.5 Å². The van der Waals surface area contributed by atoms with Gasteiger partial charge >= 0.3 is 19.0 Å². The van der Waals surface area contributed by atoms with Crippen molar-refractivity contribution < 1.29 is 18.7 Å². The normalized spacial score (nSPS) is 11.1. The van der Waals surface area contributed by atoms with E-state index in [1.807, 2.05) is 0 Å². The Balaban J connectivity index is 2.45. The maximum Gasteiger partial charge on any atom is 0.556 e. The molecule has 0 aliphatic carbocycles. The van der Waals surface area contributed by atoms with Crippen molar-refractivity contribution in [1.29, 1.82) is 0 Å². The van der Waals surface area contributed by atoms with Gasteiger partial charge in [0.05, 0.1) is 4.92 Å². The highest BCUT2D eigenvalue weighted by atomic mass is 31.1. The summed E-state index contributed by atoms with van der Waals surface area (Å²) < 4.78 is 22.6. The molecule has 0 aliphatic rings. The molecule has 0 radical (unpaired) electrons. The van der Waals surface area contributed by atoms with Gasteiger partial charge in [0.15, 0.2) is 0 Å². The fourth-order valence-electron chi connectivity index (χ4n) is 1.77. The Morgan fingerprint density at radius 2 is 2.14 bits per heavy atom. The molecule has 0 bridgehead atoms. The van der Waals surface area contributed by atoms with Crippen LogP contribution in [0.1, 0.15) is 12.5 Å². The third-order valence-corrected chi connectivity index (χ3v) is 4.01. The number of rotatable bonds is 6. The van der Waals surface area contributed by atoms with Crippen LogP contribution in [0, 0.1) is 17.0 Å². The van der Waals surface area contributed by atoms with Crippen LogP contribution in [0.25, 0.3) is 0 Å². The van der Waals surface area contributed by atoms with Crippen molar-refractivity contribution in [1.82, 2.24) is 4.98 Å². The van der Waals surface area contributed by atoms with E-state index in [0.717, 1.165) is 0 Å². The molecule has 1 unspecified atom stereocenters.